The molecular formula is C12H17N5O3. The number of hydrogen-bond donors (Lipinski definition) is 1. The summed E-state index contributed by atoms with van der Waals surface area (Å²) in [5.41, 5.74) is -0.0821. The number of nitrogens with zero attached hydrogens (tertiary/aromatic N) is 4. The zero-order chi connectivity index (χ0) is 14.7. The second-order valence-electron chi connectivity index (χ2n) is 4.64. The molecule has 0 atom stereocenters. The third-order valence-corrected chi connectivity index (χ3v) is 3.28. The van der Waals surface area contributed by atoms with E-state index >= 15 is 0 Å². The second-order valence-corrected chi connectivity index (χ2v) is 4.64. The van der Waals surface area contributed by atoms with Crippen LogP contribution in [0, 0.1) is 10.1 Å². The number of carbonyl (C=O) groups excluding carboxylic acids is 1. The summed E-state index contributed by atoms with van der Waals surface area (Å²) in [7, 11) is 3.43. The average molecular weight is 279 g/mol. The number of hydrogen-bond acceptors (Lipinski definition) is 6. The van der Waals surface area contributed by atoms with Crippen LogP contribution in [0.2, 0.25) is 0 Å². The minimum absolute atomic E-state index is 0.0616. The summed E-state index contributed by atoms with van der Waals surface area (Å²) < 4.78 is 0. The van der Waals surface area contributed by atoms with Crippen molar-refractivity contribution in [2.75, 3.05) is 43.9 Å². The highest BCUT2D eigenvalue weighted by Gasteiger charge is 2.26. The van der Waals surface area contributed by atoms with E-state index in [1.165, 1.54) is 6.07 Å². The Kier molecular flexibility index (Phi) is 4.02. The van der Waals surface area contributed by atoms with E-state index in [1.807, 2.05) is 0 Å². The van der Waals surface area contributed by atoms with Crippen LogP contribution in [-0.4, -0.2) is 54.4 Å². The van der Waals surface area contributed by atoms with E-state index in [4.69, 9.17) is 0 Å². The molecule has 1 aromatic rings. The highest BCUT2D eigenvalue weighted by molar-refractivity contribution is 5.82. The van der Waals surface area contributed by atoms with E-state index in [0.717, 1.165) is 6.42 Å². The highest BCUT2D eigenvalue weighted by atomic mass is 16.6. The van der Waals surface area contributed by atoms with Crippen LogP contribution in [0.5, 0.6) is 0 Å². The Morgan fingerprint density at radius 1 is 1.40 bits per heavy atom. The molecule has 1 fully saturated rings. The normalized spacial score (nSPS) is 16.0. The summed E-state index contributed by atoms with van der Waals surface area (Å²) >= 11 is 0. The van der Waals surface area contributed by atoms with Crippen molar-refractivity contribution in [1.82, 2.24) is 9.88 Å². The molecule has 108 valence electrons. The number of amides is 1. The van der Waals surface area contributed by atoms with Gasteiger partial charge in [-0.3, -0.25) is 14.9 Å². The predicted molar refractivity (Wildman–Crippen MR) is 74.9 cm³/mol. The van der Waals surface area contributed by atoms with Gasteiger partial charge < -0.3 is 15.1 Å². The maximum Gasteiger partial charge on any atom is 0.311 e. The van der Waals surface area contributed by atoms with Gasteiger partial charge in [-0.05, 0) is 12.5 Å². The zero-order valence-corrected chi connectivity index (χ0v) is 11.5. The molecule has 20 heavy (non-hydrogen) atoms. The van der Waals surface area contributed by atoms with Crippen LogP contribution in [0.1, 0.15) is 6.42 Å². The summed E-state index contributed by atoms with van der Waals surface area (Å²) in [6, 6.07) is 2.96. The largest absolute Gasteiger partial charge is 0.373 e. The maximum atomic E-state index is 11.9. The van der Waals surface area contributed by atoms with Crippen LogP contribution in [0.3, 0.4) is 0 Å². The van der Waals surface area contributed by atoms with Gasteiger partial charge in [0.25, 0.3) is 0 Å². The third-order valence-electron chi connectivity index (χ3n) is 3.28. The third kappa shape index (κ3) is 2.79. The van der Waals surface area contributed by atoms with Gasteiger partial charge in [0.1, 0.15) is 5.82 Å². The molecule has 8 nitrogen and oxygen atoms in total. The highest BCUT2D eigenvalue weighted by Crippen LogP contribution is 2.28. The molecule has 2 heterocycles. The van der Waals surface area contributed by atoms with Crippen LogP contribution in [0.25, 0.3) is 0 Å². The number of anilines is 2. The van der Waals surface area contributed by atoms with Crippen LogP contribution in [0.15, 0.2) is 12.1 Å². The molecular weight excluding hydrogens is 262 g/mol. The van der Waals surface area contributed by atoms with Gasteiger partial charge in [-0.15, -0.1) is 0 Å². The van der Waals surface area contributed by atoms with Gasteiger partial charge in [-0.25, -0.2) is 4.98 Å². The van der Waals surface area contributed by atoms with E-state index in [1.54, 1.807) is 30.0 Å². The van der Waals surface area contributed by atoms with Crippen molar-refractivity contribution in [3.8, 4) is 0 Å². The van der Waals surface area contributed by atoms with Gasteiger partial charge >= 0.3 is 5.69 Å². The summed E-state index contributed by atoms with van der Waals surface area (Å²) in [5.74, 6) is 0.717. The van der Waals surface area contributed by atoms with E-state index in [9.17, 15) is 14.9 Å². The van der Waals surface area contributed by atoms with E-state index < -0.39 is 4.92 Å². The van der Waals surface area contributed by atoms with Crippen molar-refractivity contribution < 1.29 is 9.72 Å². The zero-order valence-electron chi connectivity index (χ0n) is 11.5. The van der Waals surface area contributed by atoms with Crippen LogP contribution >= 0.6 is 0 Å². The molecule has 1 aliphatic heterocycles. The van der Waals surface area contributed by atoms with E-state index in [2.05, 4.69) is 10.3 Å². The number of likely N-dealkylation sites (N-methyl/N-ethyl adjacent to an activating group) is 1. The Bertz CT molecular complexity index is 534. The van der Waals surface area contributed by atoms with Crippen molar-refractivity contribution in [2.24, 2.45) is 0 Å². The number of carbonyl (C=O) groups is 1. The van der Waals surface area contributed by atoms with Gasteiger partial charge in [0.05, 0.1) is 11.5 Å². The molecule has 0 unspecified atom stereocenters. The molecule has 1 saturated heterocycles. The van der Waals surface area contributed by atoms with Gasteiger partial charge in [0.2, 0.25) is 11.7 Å². The molecule has 2 rings (SSSR count). The SMILES string of the molecule is CNc1ccc([N+](=O)[O-])c(N2CCCN(C)C(=O)C2)n1. The van der Waals surface area contributed by atoms with E-state index in [0.29, 0.717) is 18.9 Å². The van der Waals surface area contributed by atoms with Crippen molar-refractivity contribution in [2.45, 2.75) is 6.42 Å². The summed E-state index contributed by atoms with van der Waals surface area (Å²) in [6.07, 6.45) is 0.755. The molecule has 0 spiro atoms. The summed E-state index contributed by atoms with van der Waals surface area (Å²) in [4.78, 5) is 30.1. The first kappa shape index (κ1) is 14.0. The Morgan fingerprint density at radius 3 is 2.80 bits per heavy atom. The lowest BCUT2D eigenvalue weighted by Gasteiger charge is -2.21. The summed E-state index contributed by atoms with van der Waals surface area (Å²) in [6.45, 7) is 1.32. The van der Waals surface area contributed by atoms with Gasteiger partial charge in [0.15, 0.2) is 0 Å². The molecule has 1 aromatic heterocycles. The fourth-order valence-corrected chi connectivity index (χ4v) is 2.12. The lowest BCUT2D eigenvalue weighted by atomic mass is 10.3. The van der Waals surface area contributed by atoms with Crippen molar-refractivity contribution in [1.29, 1.82) is 0 Å². The molecule has 0 bridgehead atoms. The van der Waals surface area contributed by atoms with Crippen LogP contribution < -0.4 is 10.2 Å². The molecule has 0 aliphatic carbocycles. The summed E-state index contributed by atoms with van der Waals surface area (Å²) in [5, 5.41) is 14.0. The number of pyridine rings is 1. The monoisotopic (exact) mass is 279 g/mol. The molecule has 0 saturated carbocycles. The van der Waals surface area contributed by atoms with Crippen molar-refractivity contribution in [3.05, 3.63) is 22.2 Å². The van der Waals surface area contributed by atoms with E-state index in [-0.39, 0.29) is 24.0 Å². The number of nitrogens with one attached hydrogen (secondary N) is 1. The Morgan fingerprint density at radius 2 is 2.15 bits per heavy atom. The minimum Gasteiger partial charge on any atom is -0.373 e. The van der Waals surface area contributed by atoms with Gasteiger partial charge in [0, 0.05) is 33.3 Å². The lowest BCUT2D eigenvalue weighted by molar-refractivity contribution is -0.384. The standard InChI is InChI=1S/C12H17N5O3/c1-13-10-5-4-9(17(19)20)12(14-10)16-7-3-6-15(2)11(18)8-16/h4-5H,3,6-8H2,1-2H3,(H,13,14). The maximum absolute atomic E-state index is 11.9. The predicted octanol–water partition coefficient (Wildman–Crippen LogP) is 0.700. The van der Waals surface area contributed by atoms with Crippen LogP contribution in [-0.2, 0) is 4.79 Å². The molecule has 1 amide bonds. The first-order chi connectivity index (χ1) is 9.52. The molecule has 0 aromatic carbocycles. The lowest BCUT2D eigenvalue weighted by Crippen LogP contribution is -2.35. The fourth-order valence-electron chi connectivity index (χ4n) is 2.12. The Hall–Kier alpha value is -2.38. The smallest absolute Gasteiger partial charge is 0.311 e. The number of rotatable bonds is 3. The quantitative estimate of drug-likeness (QED) is 0.647. The molecule has 1 aliphatic rings. The Balaban J connectivity index is 2.38. The number of aromatic nitrogens is 1. The Labute approximate surface area is 116 Å². The van der Waals surface area contributed by atoms with Gasteiger partial charge in [-0.2, -0.15) is 0 Å². The molecule has 8 heteroatoms. The average Bonchev–Trinajstić information content (AvgIpc) is 2.60. The molecule has 1 N–H and O–H groups in total. The van der Waals surface area contributed by atoms with Crippen molar-refractivity contribution >= 4 is 23.2 Å². The van der Waals surface area contributed by atoms with Crippen molar-refractivity contribution in [3.63, 3.8) is 0 Å². The first-order valence-electron chi connectivity index (χ1n) is 6.35. The first-order valence-corrected chi connectivity index (χ1v) is 6.35. The number of nitro groups is 1. The van der Waals surface area contributed by atoms with Crippen LogP contribution in [0.4, 0.5) is 17.3 Å². The van der Waals surface area contributed by atoms with Gasteiger partial charge in [-0.1, -0.05) is 0 Å². The topological polar surface area (TPSA) is 91.6 Å². The second kappa shape index (κ2) is 5.72. The minimum atomic E-state index is -0.471. The molecule has 0 radical (unpaired) electrons. The fraction of sp³-hybridized carbons (Fsp3) is 0.500.